The average Bonchev–Trinajstić information content (AvgIpc) is 3.12. The second kappa shape index (κ2) is 7.61. The van der Waals surface area contributed by atoms with Gasteiger partial charge in [0.1, 0.15) is 5.52 Å². The van der Waals surface area contributed by atoms with Crippen molar-refractivity contribution < 1.29 is 14.1 Å². The number of amides is 1. The molecule has 0 aliphatic rings. The number of anilines is 1. The maximum Gasteiger partial charge on any atom is 0.269 e. The van der Waals surface area contributed by atoms with E-state index in [0.29, 0.717) is 38.8 Å². The minimum Gasteiger partial charge on any atom is -0.436 e. The summed E-state index contributed by atoms with van der Waals surface area (Å²) in [6.07, 6.45) is 0. The zero-order valence-corrected chi connectivity index (χ0v) is 16.9. The van der Waals surface area contributed by atoms with Gasteiger partial charge in [-0.05, 0) is 61.4 Å². The molecule has 3 aromatic carbocycles. The smallest absolute Gasteiger partial charge is 0.269 e. The fourth-order valence-corrected chi connectivity index (χ4v) is 3.39. The Balaban J connectivity index is 1.66. The Bertz CT molecular complexity index is 1310. The summed E-state index contributed by atoms with van der Waals surface area (Å²) >= 11 is 6.02. The van der Waals surface area contributed by atoms with E-state index in [9.17, 15) is 14.9 Å². The summed E-state index contributed by atoms with van der Waals surface area (Å²) in [5, 5.41) is 14.3. The Morgan fingerprint density at radius 2 is 1.93 bits per heavy atom. The lowest BCUT2D eigenvalue weighted by Gasteiger charge is -2.12. The van der Waals surface area contributed by atoms with Crippen molar-refractivity contribution >= 4 is 40.0 Å². The number of carbonyl (C=O) groups excluding carboxylic acids is 1. The number of carbonyl (C=O) groups is 1. The number of hydrogen-bond donors (Lipinski definition) is 1. The minimum atomic E-state index is -0.490. The van der Waals surface area contributed by atoms with Gasteiger partial charge in [-0.25, -0.2) is 4.98 Å². The molecular formula is C22H16ClN3O4. The van der Waals surface area contributed by atoms with Gasteiger partial charge in [-0.3, -0.25) is 14.9 Å². The Hall–Kier alpha value is -3.71. The van der Waals surface area contributed by atoms with Crippen LogP contribution in [0.3, 0.4) is 0 Å². The molecular weight excluding hydrogens is 406 g/mol. The number of benzene rings is 3. The molecule has 0 saturated carbocycles. The molecule has 4 aromatic rings. The van der Waals surface area contributed by atoms with E-state index in [1.165, 1.54) is 18.2 Å². The van der Waals surface area contributed by atoms with Gasteiger partial charge in [0.25, 0.3) is 11.6 Å². The second-order valence-corrected chi connectivity index (χ2v) is 7.26. The van der Waals surface area contributed by atoms with Crippen LogP contribution < -0.4 is 5.32 Å². The quantitative estimate of drug-likeness (QED) is 0.325. The maximum absolute atomic E-state index is 12.8. The molecule has 1 heterocycles. The number of nitro benzene ring substituents is 1. The average molecular weight is 422 g/mol. The number of nitro groups is 1. The van der Waals surface area contributed by atoms with Crippen LogP contribution in [0.5, 0.6) is 0 Å². The first-order valence-electron chi connectivity index (χ1n) is 9.06. The lowest BCUT2D eigenvalue weighted by molar-refractivity contribution is -0.384. The molecule has 1 amide bonds. The largest absolute Gasteiger partial charge is 0.436 e. The number of aromatic nitrogens is 1. The van der Waals surface area contributed by atoms with Gasteiger partial charge in [0.15, 0.2) is 5.58 Å². The third-order valence-electron chi connectivity index (χ3n) is 4.83. The highest BCUT2D eigenvalue weighted by molar-refractivity contribution is 6.31. The van der Waals surface area contributed by atoms with Crippen LogP contribution in [0.15, 0.2) is 59.0 Å². The fraction of sp³-hybridized carbons (Fsp3) is 0.0909. The van der Waals surface area contributed by atoms with Crippen LogP contribution in [0.25, 0.3) is 22.6 Å². The Morgan fingerprint density at radius 3 is 2.67 bits per heavy atom. The van der Waals surface area contributed by atoms with Gasteiger partial charge in [0, 0.05) is 34.0 Å². The van der Waals surface area contributed by atoms with Crippen molar-refractivity contribution in [2.45, 2.75) is 13.8 Å². The van der Waals surface area contributed by atoms with E-state index in [2.05, 4.69) is 10.3 Å². The molecule has 30 heavy (non-hydrogen) atoms. The summed E-state index contributed by atoms with van der Waals surface area (Å²) in [7, 11) is 0. The zero-order valence-electron chi connectivity index (χ0n) is 16.1. The number of fused-ring (bicyclic) bond motifs is 1. The Kier molecular flexibility index (Phi) is 4.97. The molecule has 0 saturated heterocycles. The number of non-ortho nitro benzene ring substituents is 1. The molecule has 1 aromatic heterocycles. The summed E-state index contributed by atoms with van der Waals surface area (Å²) < 4.78 is 5.84. The molecule has 0 spiro atoms. The van der Waals surface area contributed by atoms with Gasteiger partial charge in [0.2, 0.25) is 5.89 Å². The molecule has 0 unspecified atom stereocenters. The highest BCUT2D eigenvalue weighted by atomic mass is 35.5. The van der Waals surface area contributed by atoms with Crippen LogP contribution in [0, 0.1) is 24.0 Å². The Morgan fingerprint density at radius 1 is 1.13 bits per heavy atom. The first-order chi connectivity index (χ1) is 14.3. The van der Waals surface area contributed by atoms with E-state index in [-0.39, 0.29) is 11.6 Å². The van der Waals surface area contributed by atoms with Crippen LogP contribution in [0.2, 0.25) is 5.02 Å². The van der Waals surface area contributed by atoms with E-state index in [1.807, 2.05) is 13.0 Å². The van der Waals surface area contributed by atoms with Gasteiger partial charge < -0.3 is 9.73 Å². The molecule has 1 N–H and O–H groups in total. The van der Waals surface area contributed by atoms with Crippen molar-refractivity contribution in [3.8, 4) is 11.5 Å². The molecule has 0 aliphatic carbocycles. The number of oxazole rings is 1. The van der Waals surface area contributed by atoms with E-state index < -0.39 is 4.92 Å². The van der Waals surface area contributed by atoms with Crippen LogP contribution in [0.4, 0.5) is 11.4 Å². The van der Waals surface area contributed by atoms with E-state index in [4.69, 9.17) is 16.0 Å². The SMILES string of the molecule is Cc1cc([N+](=O)[O-])ccc1C(=O)Nc1cccc(-c2nc3cc(Cl)ccc3o2)c1C. The number of aryl methyl sites for hydroxylation is 1. The van der Waals surface area contributed by atoms with Crippen molar-refractivity contribution in [3.63, 3.8) is 0 Å². The lowest BCUT2D eigenvalue weighted by atomic mass is 10.0. The number of nitrogens with one attached hydrogen (secondary N) is 1. The molecule has 4 rings (SSSR count). The highest BCUT2D eigenvalue weighted by Gasteiger charge is 2.17. The molecule has 7 nitrogen and oxygen atoms in total. The molecule has 8 heteroatoms. The Labute approximate surface area is 176 Å². The molecule has 0 fully saturated rings. The zero-order chi connectivity index (χ0) is 21.4. The van der Waals surface area contributed by atoms with Gasteiger partial charge in [-0.1, -0.05) is 17.7 Å². The number of rotatable bonds is 4. The first-order valence-corrected chi connectivity index (χ1v) is 9.44. The lowest BCUT2D eigenvalue weighted by Crippen LogP contribution is -2.14. The number of nitrogens with zero attached hydrogens (tertiary/aromatic N) is 2. The van der Waals surface area contributed by atoms with Crippen molar-refractivity contribution in [2.75, 3.05) is 5.32 Å². The summed E-state index contributed by atoms with van der Waals surface area (Å²) in [6, 6.07) is 14.8. The topological polar surface area (TPSA) is 98.3 Å². The predicted molar refractivity (Wildman–Crippen MR) is 115 cm³/mol. The van der Waals surface area contributed by atoms with Crippen molar-refractivity contribution in [1.82, 2.24) is 4.98 Å². The maximum atomic E-state index is 12.8. The van der Waals surface area contributed by atoms with Crippen LogP contribution >= 0.6 is 11.6 Å². The van der Waals surface area contributed by atoms with E-state index in [0.717, 1.165) is 11.1 Å². The second-order valence-electron chi connectivity index (χ2n) is 6.82. The number of halogens is 1. The van der Waals surface area contributed by atoms with Crippen molar-refractivity contribution in [2.24, 2.45) is 0 Å². The van der Waals surface area contributed by atoms with Crippen molar-refractivity contribution in [3.05, 3.63) is 86.4 Å². The van der Waals surface area contributed by atoms with E-state index >= 15 is 0 Å². The van der Waals surface area contributed by atoms with Gasteiger partial charge >= 0.3 is 0 Å². The van der Waals surface area contributed by atoms with Gasteiger partial charge in [-0.15, -0.1) is 0 Å². The summed E-state index contributed by atoms with van der Waals surface area (Å²) in [6.45, 7) is 3.52. The molecule has 0 radical (unpaired) electrons. The molecule has 0 bridgehead atoms. The van der Waals surface area contributed by atoms with Crippen LogP contribution in [-0.2, 0) is 0 Å². The molecule has 150 valence electrons. The first kappa shape index (κ1) is 19.6. The van der Waals surface area contributed by atoms with E-state index in [1.54, 1.807) is 37.3 Å². The normalized spacial score (nSPS) is 10.9. The third-order valence-corrected chi connectivity index (χ3v) is 5.06. The van der Waals surface area contributed by atoms with Gasteiger partial charge in [0.05, 0.1) is 4.92 Å². The monoisotopic (exact) mass is 421 g/mol. The van der Waals surface area contributed by atoms with Gasteiger partial charge in [-0.2, -0.15) is 0 Å². The minimum absolute atomic E-state index is 0.0571. The summed E-state index contributed by atoms with van der Waals surface area (Å²) in [5.41, 5.74) is 4.20. The molecule has 0 atom stereocenters. The fourth-order valence-electron chi connectivity index (χ4n) is 3.22. The third kappa shape index (κ3) is 3.62. The standard InChI is InChI=1S/C22H16ClN3O4/c1-12-10-15(26(28)29)7-8-16(12)21(27)24-18-5-3-4-17(13(18)2)22-25-19-11-14(23)6-9-20(19)30-22/h3-11H,1-2H3,(H,24,27). The van der Waals surface area contributed by atoms with Crippen LogP contribution in [0.1, 0.15) is 21.5 Å². The summed E-state index contributed by atoms with van der Waals surface area (Å²) in [4.78, 5) is 27.7. The van der Waals surface area contributed by atoms with Crippen molar-refractivity contribution in [1.29, 1.82) is 0 Å². The summed E-state index contributed by atoms with van der Waals surface area (Å²) in [5.74, 6) is 0.0689. The molecule has 0 aliphatic heterocycles. The number of hydrogen-bond acceptors (Lipinski definition) is 5. The van der Waals surface area contributed by atoms with Crippen LogP contribution in [-0.4, -0.2) is 15.8 Å². The highest BCUT2D eigenvalue weighted by Crippen LogP contribution is 2.31. The predicted octanol–water partition coefficient (Wildman–Crippen LogP) is 5.93.